The molecule has 0 radical (unpaired) electrons. The van der Waals surface area contributed by atoms with Gasteiger partial charge in [-0.1, -0.05) is 170 Å². The van der Waals surface area contributed by atoms with Gasteiger partial charge in [-0.3, -0.25) is 0 Å². The number of terminal acetylenes is 2. The number of benzene rings is 8. The largest absolute Gasteiger partial charge is 0.465 e. The van der Waals surface area contributed by atoms with Crippen molar-refractivity contribution in [3.05, 3.63) is 226 Å². The van der Waals surface area contributed by atoms with Crippen LogP contribution in [0.4, 0.5) is 0 Å². The maximum Gasteiger partial charge on any atom is 0.337 e. The van der Waals surface area contributed by atoms with Gasteiger partial charge in [-0.15, -0.1) is 12.8 Å². The minimum absolute atomic E-state index is 0.351. The Hall–Kier alpha value is -8.18. The molecule has 9 rings (SSSR count). The molecule has 8 aromatic rings. The van der Waals surface area contributed by atoms with E-state index < -0.39 is 17.4 Å². The number of hydrogen-bond acceptors (Lipinski definition) is 4. The van der Waals surface area contributed by atoms with E-state index in [9.17, 15) is 9.59 Å². The van der Waals surface area contributed by atoms with E-state index in [0.717, 1.165) is 77.9 Å². The SMILES string of the molecule is C#Cc1c(C2(c3ccc(-c4ccccc4)c(-c4ccccc4)c3C#C)c3cc(C(=O)OC)ccc3-c3ccc(C(=O)OC)cc32)ccc(-c2ccccc2)c1-c1ccccc1. The Morgan fingerprint density at radius 2 is 0.738 bits per heavy atom. The summed E-state index contributed by atoms with van der Waals surface area (Å²) in [6.07, 6.45) is 13.7. The van der Waals surface area contributed by atoms with Gasteiger partial charge in [0.2, 0.25) is 0 Å². The van der Waals surface area contributed by atoms with Crippen LogP contribution >= 0.6 is 0 Å². The molecule has 4 nitrogen and oxygen atoms in total. The Balaban J connectivity index is 1.53. The molecule has 8 aromatic carbocycles. The van der Waals surface area contributed by atoms with Crippen molar-refractivity contribution in [1.82, 2.24) is 0 Å². The maximum atomic E-state index is 13.5. The van der Waals surface area contributed by atoms with Crippen LogP contribution in [0.5, 0.6) is 0 Å². The maximum absolute atomic E-state index is 13.5. The molecule has 1 aliphatic rings. The van der Waals surface area contributed by atoms with E-state index in [0.29, 0.717) is 22.3 Å². The van der Waals surface area contributed by atoms with E-state index in [-0.39, 0.29) is 0 Å². The predicted molar refractivity (Wildman–Crippen MR) is 244 cm³/mol. The Labute approximate surface area is 356 Å². The van der Waals surface area contributed by atoms with Gasteiger partial charge in [-0.2, -0.15) is 0 Å². The van der Waals surface area contributed by atoms with Gasteiger partial charge in [0.1, 0.15) is 0 Å². The third kappa shape index (κ3) is 6.22. The first-order valence-corrected chi connectivity index (χ1v) is 19.9. The molecule has 0 saturated heterocycles. The Kier molecular flexibility index (Phi) is 9.98. The number of fused-ring (bicyclic) bond motifs is 3. The average Bonchev–Trinajstić information content (AvgIpc) is 3.62. The van der Waals surface area contributed by atoms with Gasteiger partial charge >= 0.3 is 11.9 Å². The van der Waals surface area contributed by atoms with E-state index in [2.05, 4.69) is 84.6 Å². The van der Waals surface area contributed by atoms with E-state index >= 15 is 0 Å². The first kappa shape index (κ1) is 38.3. The van der Waals surface area contributed by atoms with E-state index in [1.54, 1.807) is 12.1 Å². The van der Waals surface area contributed by atoms with Crippen LogP contribution in [0.3, 0.4) is 0 Å². The fourth-order valence-corrected chi connectivity index (χ4v) is 9.19. The highest BCUT2D eigenvalue weighted by Gasteiger charge is 2.50. The summed E-state index contributed by atoms with van der Waals surface area (Å²) in [5.74, 6) is 5.39. The van der Waals surface area contributed by atoms with Gasteiger partial charge < -0.3 is 9.47 Å². The zero-order valence-corrected chi connectivity index (χ0v) is 33.6. The molecular formula is C57H38O4. The summed E-state index contributed by atoms with van der Waals surface area (Å²) in [5.41, 5.74) is 12.9. The molecule has 0 heterocycles. The smallest absolute Gasteiger partial charge is 0.337 e. The molecule has 61 heavy (non-hydrogen) atoms. The second-order valence-corrected chi connectivity index (χ2v) is 14.8. The van der Waals surface area contributed by atoms with Crippen molar-refractivity contribution in [2.75, 3.05) is 14.2 Å². The number of methoxy groups -OCH3 is 2. The summed E-state index contributed by atoms with van der Waals surface area (Å²) in [5, 5.41) is 0. The average molecular weight is 787 g/mol. The number of carbonyl (C=O) groups is 2. The highest BCUT2D eigenvalue weighted by atomic mass is 16.5. The first-order chi connectivity index (χ1) is 29.9. The van der Waals surface area contributed by atoms with E-state index in [1.165, 1.54) is 14.2 Å². The first-order valence-electron chi connectivity index (χ1n) is 19.9. The van der Waals surface area contributed by atoms with Gasteiger partial charge in [-0.05, 0) is 91.0 Å². The van der Waals surface area contributed by atoms with Crippen molar-refractivity contribution in [3.63, 3.8) is 0 Å². The Morgan fingerprint density at radius 1 is 0.410 bits per heavy atom. The fraction of sp³-hybridized carbons (Fsp3) is 0.0526. The van der Waals surface area contributed by atoms with Crippen LogP contribution in [0.2, 0.25) is 0 Å². The van der Waals surface area contributed by atoms with Crippen molar-refractivity contribution in [1.29, 1.82) is 0 Å². The molecule has 0 aliphatic heterocycles. The normalized spacial score (nSPS) is 12.0. The minimum atomic E-state index is -1.31. The lowest BCUT2D eigenvalue weighted by atomic mass is 9.63. The summed E-state index contributed by atoms with van der Waals surface area (Å²) in [6, 6.07) is 60.2. The fourth-order valence-electron chi connectivity index (χ4n) is 9.19. The number of ether oxygens (including phenoxy) is 2. The summed E-state index contributed by atoms with van der Waals surface area (Å²) >= 11 is 0. The molecule has 0 bridgehead atoms. The van der Waals surface area contributed by atoms with Crippen LogP contribution in [-0.4, -0.2) is 26.2 Å². The summed E-state index contributed by atoms with van der Waals surface area (Å²) in [7, 11) is 2.74. The van der Waals surface area contributed by atoms with Crippen molar-refractivity contribution < 1.29 is 19.1 Å². The number of hydrogen-bond donors (Lipinski definition) is 0. The molecule has 4 heteroatoms. The van der Waals surface area contributed by atoms with Crippen LogP contribution in [-0.2, 0) is 14.9 Å². The van der Waals surface area contributed by atoms with Crippen LogP contribution < -0.4 is 0 Å². The lowest BCUT2D eigenvalue weighted by molar-refractivity contribution is 0.0592. The molecular weight excluding hydrogens is 749 g/mol. The zero-order chi connectivity index (χ0) is 42.1. The van der Waals surface area contributed by atoms with E-state index in [4.69, 9.17) is 22.3 Å². The quantitative estimate of drug-likeness (QED) is 0.114. The molecule has 0 amide bonds. The molecule has 0 fully saturated rings. The van der Waals surface area contributed by atoms with Crippen molar-refractivity contribution in [2.24, 2.45) is 0 Å². The number of carbonyl (C=O) groups excluding carboxylic acids is 2. The minimum Gasteiger partial charge on any atom is -0.465 e. The summed E-state index contributed by atoms with van der Waals surface area (Å²) in [4.78, 5) is 27.1. The van der Waals surface area contributed by atoms with Crippen molar-refractivity contribution in [2.45, 2.75) is 5.41 Å². The third-order valence-electron chi connectivity index (χ3n) is 11.8. The second kappa shape index (κ2) is 15.9. The van der Waals surface area contributed by atoms with E-state index in [1.807, 2.05) is 97.1 Å². The van der Waals surface area contributed by atoms with Crippen LogP contribution in [0.1, 0.15) is 54.1 Å². The molecule has 0 N–H and O–H groups in total. The molecule has 0 unspecified atom stereocenters. The molecule has 0 saturated carbocycles. The van der Waals surface area contributed by atoms with Gasteiger partial charge in [0.05, 0.1) is 30.8 Å². The van der Waals surface area contributed by atoms with Gasteiger partial charge in [0.15, 0.2) is 0 Å². The van der Waals surface area contributed by atoms with Gasteiger partial charge in [0, 0.05) is 22.3 Å². The second-order valence-electron chi connectivity index (χ2n) is 14.8. The monoisotopic (exact) mass is 786 g/mol. The van der Waals surface area contributed by atoms with Crippen molar-refractivity contribution in [3.8, 4) is 80.3 Å². The molecule has 0 aromatic heterocycles. The lowest BCUT2D eigenvalue weighted by Crippen LogP contribution is -2.32. The highest BCUT2D eigenvalue weighted by molar-refractivity contribution is 6.00. The predicted octanol–water partition coefficient (Wildman–Crippen LogP) is 12.3. The highest BCUT2D eigenvalue weighted by Crippen LogP contribution is 2.60. The van der Waals surface area contributed by atoms with Crippen LogP contribution in [0.25, 0.3) is 55.6 Å². The topological polar surface area (TPSA) is 52.6 Å². The van der Waals surface area contributed by atoms with Crippen molar-refractivity contribution >= 4 is 11.9 Å². The Bertz CT molecular complexity index is 2870. The summed E-state index contributed by atoms with van der Waals surface area (Å²) in [6.45, 7) is 0. The Morgan fingerprint density at radius 3 is 1.07 bits per heavy atom. The summed E-state index contributed by atoms with van der Waals surface area (Å²) < 4.78 is 10.7. The third-order valence-corrected chi connectivity index (χ3v) is 11.8. The molecule has 0 atom stereocenters. The van der Waals surface area contributed by atoms with Crippen LogP contribution in [0, 0.1) is 24.7 Å². The van der Waals surface area contributed by atoms with Gasteiger partial charge in [0.25, 0.3) is 0 Å². The lowest BCUT2D eigenvalue weighted by Gasteiger charge is -2.37. The molecule has 290 valence electrons. The molecule has 0 spiro atoms. The van der Waals surface area contributed by atoms with Crippen LogP contribution in [0.15, 0.2) is 182 Å². The van der Waals surface area contributed by atoms with Gasteiger partial charge in [-0.25, -0.2) is 9.59 Å². The molecule has 1 aliphatic carbocycles. The zero-order valence-electron chi connectivity index (χ0n) is 33.6. The number of rotatable bonds is 8. The number of esters is 2. The standard InChI is InChI=1S/C57H38O4/c1-5-43-49(33-31-45(37-19-11-7-12-20-37)53(43)39-23-15-9-16-24-39)57(50-34-32-46(38-21-13-8-14-22-38)54(44(50)6-2)40-25-17-10-18-26-40)51-35-41(55(58)60-3)27-29-47(51)48-30-28-42(36-52(48)57)56(59)61-4/h1-2,7-36H,3-4H3.